The fraction of sp³-hybridized carbons (Fsp3) is 0.875. The van der Waals surface area contributed by atoms with E-state index in [4.69, 9.17) is 14.6 Å². The molecule has 0 saturated carbocycles. The number of halogens is 1. The first kappa shape index (κ1) is 13.1. The molecule has 0 spiro atoms. The summed E-state index contributed by atoms with van der Waals surface area (Å²) in [6.45, 7) is 0.775. The predicted octanol–water partition coefficient (Wildman–Crippen LogP) is -1.21. The van der Waals surface area contributed by atoms with Crippen molar-refractivity contribution in [3.8, 4) is 0 Å². The smallest absolute Gasteiger partial charge is 0.304 e. The molecule has 1 heterocycles. The van der Waals surface area contributed by atoms with Crippen LogP contribution < -0.4 is 0 Å². The van der Waals surface area contributed by atoms with Gasteiger partial charge in [-0.05, 0) is 0 Å². The molecule has 1 aliphatic rings. The van der Waals surface area contributed by atoms with Gasteiger partial charge in [-0.1, -0.05) is 22.6 Å². The Labute approximate surface area is 100 Å². The summed E-state index contributed by atoms with van der Waals surface area (Å²) in [7, 11) is 0. The third-order valence-corrected chi connectivity index (χ3v) is 3.41. The van der Waals surface area contributed by atoms with Crippen LogP contribution in [0.2, 0.25) is 0 Å². The lowest BCUT2D eigenvalue weighted by Gasteiger charge is -2.39. The normalized spacial score (nSPS) is 41.3. The first-order valence-electron chi connectivity index (χ1n) is 4.41. The Morgan fingerprint density at radius 1 is 1.47 bits per heavy atom. The highest BCUT2D eigenvalue weighted by atomic mass is 127. The number of rotatable bonds is 2. The van der Waals surface area contributed by atoms with E-state index in [0.29, 0.717) is 0 Å². The zero-order chi connectivity index (χ0) is 11.6. The Morgan fingerprint density at radius 2 is 2.07 bits per heavy atom. The molecule has 0 amide bonds. The fourth-order valence-corrected chi connectivity index (χ4v) is 2.05. The van der Waals surface area contributed by atoms with Crippen LogP contribution in [-0.4, -0.2) is 56.4 Å². The first-order valence-corrected chi connectivity index (χ1v) is 5.65. The van der Waals surface area contributed by atoms with Gasteiger partial charge in [0.2, 0.25) is 6.29 Å². The maximum absolute atomic E-state index is 10.7. The average Bonchev–Trinajstić information content (AvgIpc) is 2.18. The highest BCUT2D eigenvalue weighted by Gasteiger charge is 2.44. The van der Waals surface area contributed by atoms with Crippen molar-refractivity contribution in [2.24, 2.45) is 0 Å². The van der Waals surface area contributed by atoms with Gasteiger partial charge in [-0.25, -0.2) is 0 Å². The van der Waals surface area contributed by atoms with Gasteiger partial charge in [0, 0.05) is 6.92 Å². The minimum absolute atomic E-state index is 0.445. The minimum Gasteiger partial charge on any atom is -0.435 e. The number of alkyl halides is 1. The summed E-state index contributed by atoms with van der Waals surface area (Å²) >= 11 is 1.83. The largest absolute Gasteiger partial charge is 0.435 e. The summed E-state index contributed by atoms with van der Waals surface area (Å²) in [5, 5.41) is 27.9. The number of ether oxygens (including phenoxy) is 2. The van der Waals surface area contributed by atoms with Gasteiger partial charge in [-0.15, -0.1) is 0 Å². The Balaban J connectivity index is 2.69. The molecule has 7 heteroatoms. The van der Waals surface area contributed by atoms with Crippen LogP contribution in [0.3, 0.4) is 0 Å². The van der Waals surface area contributed by atoms with Crippen LogP contribution in [-0.2, 0) is 14.3 Å². The molecule has 0 aromatic carbocycles. The van der Waals surface area contributed by atoms with Crippen molar-refractivity contribution in [2.75, 3.05) is 6.61 Å². The lowest BCUT2D eigenvalue weighted by Crippen LogP contribution is -2.57. The lowest BCUT2D eigenvalue weighted by molar-refractivity contribution is -0.243. The Kier molecular flexibility index (Phi) is 4.71. The monoisotopic (exact) mass is 332 g/mol. The molecule has 3 N–H and O–H groups in total. The summed E-state index contributed by atoms with van der Waals surface area (Å²) < 4.78 is 9.37. The SMILES string of the molecule is CC(=O)O[C@@H]1O[C@H](CO)[C@@H](O)[C@H](O)[C@H]1I. The Hall–Kier alpha value is 0.0400. The van der Waals surface area contributed by atoms with Crippen molar-refractivity contribution < 1.29 is 29.6 Å². The second-order valence-electron chi connectivity index (χ2n) is 3.26. The van der Waals surface area contributed by atoms with Crippen molar-refractivity contribution in [2.45, 2.75) is 35.5 Å². The molecule has 0 aliphatic carbocycles. The van der Waals surface area contributed by atoms with Crippen molar-refractivity contribution in [3.05, 3.63) is 0 Å². The molecule has 0 aromatic rings. The van der Waals surface area contributed by atoms with Gasteiger partial charge in [0.25, 0.3) is 0 Å². The molecule has 0 bridgehead atoms. The highest BCUT2D eigenvalue weighted by Crippen LogP contribution is 2.27. The van der Waals surface area contributed by atoms with E-state index in [-0.39, 0.29) is 0 Å². The van der Waals surface area contributed by atoms with Gasteiger partial charge in [-0.2, -0.15) is 0 Å². The molecule has 5 atom stereocenters. The number of aliphatic hydroxyl groups is 3. The number of aliphatic hydroxyl groups excluding tert-OH is 3. The van der Waals surface area contributed by atoms with Gasteiger partial charge >= 0.3 is 5.97 Å². The first-order chi connectivity index (χ1) is 6.97. The summed E-state index contributed by atoms with van der Waals surface area (Å²) in [6.07, 6.45) is -4.15. The lowest BCUT2D eigenvalue weighted by atomic mass is 10.0. The number of hydrogen-bond acceptors (Lipinski definition) is 6. The van der Waals surface area contributed by atoms with E-state index >= 15 is 0 Å². The molecule has 0 aromatic heterocycles. The summed E-state index contributed by atoms with van der Waals surface area (Å²) in [6, 6.07) is 0. The van der Waals surface area contributed by atoms with Crippen LogP contribution in [0.25, 0.3) is 0 Å². The van der Waals surface area contributed by atoms with E-state index in [1.54, 1.807) is 0 Å². The zero-order valence-electron chi connectivity index (χ0n) is 8.04. The second kappa shape index (κ2) is 5.39. The molecular formula is C8H13IO6. The molecule has 1 aliphatic heterocycles. The summed E-state index contributed by atoms with van der Waals surface area (Å²) in [5.74, 6) is -0.540. The molecule has 1 saturated heterocycles. The molecule has 6 nitrogen and oxygen atoms in total. The van der Waals surface area contributed by atoms with Gasteiger partial charge in [0.1, 0.15) is 22.2 Å². The number of esters is 1. The van der Waals surface area contributed by atoms with Crippen LogP contribution in [0.5, 0.6) is 0 Å². The van der Waals surface area contributed by atoms with Gasteiger partial charge in [0.05, 0.1) is 6.61 Å². The van der Waals surface area contributed by atoms with E-state index in [1.807, 2.05) is 22.6 Å². The van der Waals surface area contributed by atoms with Crippen LogP contribution in [0.1, 0.15) is 6.92 Å². The predicted molar refractivity (Wildman–Crippen MR) is 57.3 cm³/mol. The van der Waals surface area contributed by atoms with E-state index in [1.165, 1.54) is 6.92 Å². The summed E-state index contributed by atoms with van der Waals surface area (Å²) in [5.41, 5.74) is 0. The fourth-order valence-electron chi connectivity index (χ4n) is 1.30. The standard InChI is InChI=1S/C8H13IO6/c1-3(11)14-8-5(9)7(13)6(12)4(2-10)15-8/h4-8,10,12-13H,2H2,1H3/t4-,5-,6-,7-,8-/m1/s1. The molecule has 0 unspecified atom stereocenters. The van der Waals surface area contributed by atoms with Gasteiger partial charge in [-0.3, -0.25) is 4.79 Å². The van der Waals surface area contributed by atoms with Crippen molar-refractivity contribution in [1.82, 2.24) is 0 Å². The number of carbonyl (C=O) groups is 1. The Morgan fingerprint density at radius 3 is 2.53 bits per heavy atom. The van der Waals surface area contributed by atoms with Crippen molar-refractivity contribution in [1.29, 1.82) is 0 Å². The summed E-state index contributed by atoms with van der Waals surface area (Å²) in [4.78, 5) is 10.7. The minimum atomic E-state index is -1.18. The average molecular weight is 332 g/mol. The van der Waals surface area contributed by atoms with Crippen molar-refractivity contribution >= 4 is 28.6 Å². The zero-order valence-corrected chi connectivity index (χ0v) is 10.2. The van der Waals surface area contributed by atoms with Crippen LogP contribution >= 0.6 is 22.6 Å². The van der Waals surface area contributed by atoms with E-state index < -0.39 is 41.1 Å². The van der Waals surface area contributed by atoms with Crippen molar-refractivity contribution in [3.63, 3.8) is 0 Å². The number of hydrogen-bond donors (Lipinski definition) is 3. The Bertz CT molecular complexity index is 233. The molecule has 1 rings (SSSR count). The molecule has 0 radical (unpaired) electrons. The van der Waals surface area contributed by atoms with E-state index in [0.717, 1.165) is 0 Å². The molecule has 1 fully saturated rings. The van der Waals surface area contributed by atoms with Gasteiger partial charge in [0.15, 0.2) is 0 Å². The topological polar surface area (TPSA) is 96.2 Å². The third kappa shape index (κ3) is 3.00. The third-order valence-electron chi connectivity index (χ3n) is 2.09. The van der Waals surface area contributed by atoms with Gasteiger partial charge < -0.3 is 24.8 Å². The quantitative estimate of drug-likeness (QED) is 0.334. The highest BCUT2D eigenvalue weighted by molar-refractivity contribution is 14.1. The maximum Gasteiger partial charge on any atom is 0.304 e. The van der Waals surface area contributed by atoms with Crippen LogP contribution in [0.4, 0.5) is 0 Å². The molecule has 15 heavy (non-hydrogen) atoms. The number of carbonyl (C=O) groups excluding carboxylic acids is 1. The second-order valence-corrected chi connectivity index (χ2v) is 4.70. The van der Waals surface area contributed by atoms with E-state index in [9.17, 15) is 15.0 Å². The maximum atomic E-state index is 10.7. The molecule has 88 valence electrons. The van der Waals surface area contributed by atoms with Crippen LogP contribution in [0.15, 0.2) is 0 Å². The molecular weight excluding hydrogens is 319 g/mol. The van der Waals surface area contributed by atoms with Crippen LogP contribution in [0, 0.1) is 0 Å². The van der Waals surface area contributed by atoms with E-state index in [2.05, 4.69) is 0 Å².